The first kappa shape index (κ1) is 62.6. The highest BCUT2D eigenvalue weighted by Crippen LogP contribution is 2.17. The highest BCUT2D eigenvalue weighted by atomic mass is 16.5. The molecule has 0 aliphatic rings. The molecular weight excluding hydrogens is 791 g/mol. The van der Waals surface area contributed by atoms with E-state index in [-0.39, 0.29) is 18.5 Å². The average Bonchev–Trinajstić information content (AvgIpc) is 3.29. The van der Waals surface area contributed by atoms with Crippen LogP contribution in [0, 0.1) is 0 Å². The molecule has 6 nitrogen and oxygen atoms in total. The summed E-state index contributed by atoms with van der Waals surface area (Å²) < 4.78 is 5.47. The van der Waals surface area contributed by atoms with Gasteiger partial charge in [0.2, 0.25) is 5.91 Å². The standard InChI is InChI=1S/C58H113NO5/c1-3-5-7-9-11-13-15-30-34-38-42-46-50-56(61)55(54-60)59-57(62)51-47-43-39-35-31-28-26-24-22-20-18-17-19-21-23-25-27-29-33-37-41-45-49-53-64-58(63)52-48-44-40-36-32-16-14-12-10-8-6-4-2/h20,22,55-56,60-61H,3-19,21,23-54H2,1-2H3,(H,59,62)/b22-20-. The number of rotatable bonds is 54. The lowest BCUT2D eigenvalue weighted by atomic mass is 10.0. The van der Waals surface area contributed by atoms with E-state index >= 15 is 0 Å². The van der Waals surface area contributed by atoms with Crippen LogP contribution < -0.4 is 5.32 Å². The summed E-state index contributed by atoms with van der Waals surface area (Å²) in [6.45, 7) is 4.96. The maximum atomic E-state index is 12.4. The fraction of sp³-hybridized carbons (Fsp3) is 0.931. The van der Waals surface area contributed by atoms with E-state index in [4.69, 9.17) is 4.74 Å². The van der Waals surface area contributed by atoms with Gasteiger partial charge < -0.3 is 20.3 Å². The van der Waals surface area contributed by atoms with Crippen LogP contribution in [0.1, 0.15) is 322 Å². The number of carbonyl (C=O) groups excluding carboxylic acids is 2. The van der Waals surface area contributed by atoms with Gasteiger partial charge in [0.15, 0.2) is 0 Å². The van der Waals surface area contributed by atoms with Crippen LogP contribution in [0.15, 0.2) is 12.2 Å². The summed E-state index contributed by atoms with van der Waals surface area (Å²) in [4.78, 5) is 24.4. The molecule has 0 aromatic rings. The van der Waals surface area contributed by atoms with Crippen LogP contribution >= 0.6 is 0 Å². The number of allylic oxidation sites excluding steroid dienone is 2. The van der Waals surface area contributed by atoms with Gasteiger partial charge in [-0.15, -0.1) is 0 Å². The lowest BCUT2D eigenvalue weighted by Crippen LogP contribution is -2.45. The summed E-state index contributed by atoms with van der Waals surface area (Å²) in [6.07, 6.45) is 63.5. The SMILES string of the molecule is CCCCCCCCCCCCCCC(=O)OCCCCCCCCCCCCCC/C=C\CCCCCCCCCC(=O)NC(CO)C(O)CCCCCCCCCCCCCC. The van der Waals surface area contributed by atoms with Gasteiger partial charge in [-0.1, -0.05) is 270 Å². The van der Waals surface area contributed by atoms with Crippen LogP contribution in [-0.2, 0) is 14.3 Å². The Morgan fingerprint density at radius 1 is 0.422 bits per heavy atom. The number of unbranched alkanes of at least 4 members (excludes halogenated alkanes) is 41. The van der Waals surface area contributed by atoms with Gasteiger partial charge in [-0.3, -0.25) is 9.59 Å². The maximum absolute atomic E-state index is 12.4. The Bertz CT molecular complexity index is 955. The molecule has 0 aromatic heterocycles. The van der Waals surface area contributed by atoms with Crippen molar-refractivity contribution in [1.29, 1.82) is 0 Å². The lowest BCUT2D eigenvalue weighted by Gasteiger charge is -2.22. The van der Waals surface area contributed by atoms with E-state index in [1.54, 1.807) is 0 Å². The first-order valence-corrected chi connectivity index (χ1v) is 28.9. The summed E-state index contributed by atoms with van der Waals surface area (Å²) in [5.41, 5.74) is 0. The maximum Gasteiger partial charge on any atom is 0.305 e. The summed E-state index contributed by atoms with van der Waals surface area (Å²) in [6, 6.07) is -0.544. The molecule has 3 N–H and O–H groups in total. The second kappa shape index (κ2) is 54.2. The molecule has 0 aliphatic carbocycles. The summed E-state index contributed by atoms with van der Waals surface area (Å²) in [7, 11) is 0. The quantitative estimate of drug-likeness (QED) is 0.0321. The highest BCUT2D eigenvalue weighted by Gasteiger charge is 2.20. The second-order valence-corrected chi connectivity index (χ2v) is 20.0. The molecule has 0 radical (unpaired) electrons. The molecule has 0 aliphatic heterocycles. The molecule has 0 rings (SSSR count). The monoisotopic (exact) mass is 904 g/mol. The molecule has 0 fully saturated rings. The topological polar surface area (TPSA) is 95.9 Å². The van der Waals surface area contributed by atoms with Crippen molar-refractivity contribution in [3.63, 3.8) is 0 Å². The third kappa shape index (κ3) is 50.0. The molecule has 6 heteroatoms. The van der Waals surface area contributed by atoms with Crippen LogP contribution in [0.2, 0.25) is 0 Å². The number of amides is 1. The zero-order valence-electron chi connectivity index (χ0n) is 43.3. The van der Waals surface area contributed by atoms with Crippen molar-refractivity contribution in [1.82, 2.24) is 5.32 Å². The first-order valence-electron chi connectivity index (χ1n) is 28.9. The van der Waals surface area contributed by atoms with E-state index in [0.717, 1.165) is 38.5 Å². The minimum Gasteiger partial charge on any atom is -0.466 e. The second-order valence-electron chi connectivity index (χ2n) is 20.0. The zero-order valence-corrected chi connectivity index (χ0v) is 43.3. The van der Waals surface area contributed by atoms with Gasteiger partial charge in [0, 0.05) is 12.8 Å². The van der Waals surface area contributed by atoms with Crippen LogP contribution in [0.3, 0.4) is 0 Å². The van der Waals surface area contributed by atoms with Crippen molar-refractivity contribution >= 4 is 11.9 Å². The van der Waals surface area contributed by atoms with Crippen LogP contribution in [0.25, 0.3) is 0 Å². The van der Waals surface area contributed by atoms with Crippen LogP contribution in [-0.4, -0.2) is 47.4 Å². The third-order valence-corrected chi connectivity index (χ3v) is 13.6. The van der Waals surface area contributed by atoms with E-state index in [2.05, 4.69) is 31.3 Å². The Balaban J connectivity index is 3.39. The molecule has 0 saturated carbocycles. The van der Waals surface area contributed by atoms with Crippen LogP contribution in [0.5, 0.6) is 0 Å². The summed E-state index contributed by atoms with van der Waals surface area (Å²) in [5.74, 6) is -0.0282. The van der Waals surface area contributed by atoms with Crippen molar-refractivity contribution in [3.8, 4) is 0 Å². The van der Waals surface area contributed by atoms with Crippen molar-refractivity contribution in [2.75, 3.05) is 13.2 Å². The largest absolute Gasteiger partial charge is 0.466 e. The Morgan fingerprint density at radius 3 is 1.11 bits per heavy atom. The lowest BCUT2D eigenvalue weighted by molar-refractivity contribution is -0.143. The third-order valence-electron chi connectivity index (χ3n) is 13.6. The Labute approximate surface area is 399 Å². The highest BCUT2D eigenvalue weighted by molar-refractivity contribution is 5.76. The number of esters is 1. The molecule has 2 atom stereocenters. The van der Waals surface area contributed by atoms with Gasteiger partial charge in [0.05, 0.1) is 25.4 Å². The Kier molecular flexibility index (Phi) is 53.0. The van der Waals surface area contributed by atoms with Gasteiger partial charge in [-0.2, -0.15) is 0 Å². The van der Waals surface area contributed by atoms with E-state index in [0.29, 0.717) is 25.9 Å². The molecule has 0 saturated heterocycles. The number of nitrogens with one attached hydrogen (secondary N) is 1. The normalized spacial score (nSPS) is 12.6. The molecular formula is C58H113NO5. The zero-order chi connectivity index (χ0) is 46.5. The van der Waals surface area contributed by atoms with Crippen molar-refractivity contribution < 1.29 is 24.5 Å². The van der Waals surface area contributed by atoms with Gasteiger partial charge in [-0.05, 0) is 51.4 Å². The fourth-order valence-electron chi connectivity index (χ4n) is 9.11. The van der Waals surface area contributed by atoms with Gasteiger partial charge >= 0.3 is 5.97 Å². The van der Waals surface area contributed by atoms with E-state index in [1.165, 1.54) is 250 Å². The van der Waals surface area contributed by atoms with Gasteiger partial charge in [-0.25, -0.2) is 0 Å². The number of aliphatic hydroxyl groups is 2. The molecule has 0 aromatic carbocycles. The van der Waals surface area contributed by atoms with E-state index in [9.17, 15) is 19.8 Å². The number of hydrogen-bond acceptors (Lipinski definition) is 5. The number of ether oxygens (including phenoxy) is 1. The van der Waals surface area contributed by atoms with Crippen molar-refractivity contribution in [3.05, 3.63) is 12.2 Å². The average molecular weight is 905 g/mol. The van der Waals surface area contributed by atoms with Gasteiger partial charge in [0.25, 0.3) is 0 Å². The number of carbonyl (C=O) groups is 2. The molecule has 1 amide bonds. The van der Waals surface area contributed by atoms with E-state index in [1.807, 2.05) is 0 Å². The van der Waals surface area contributed by atoms with E-state index < -0.39 is 12.1 Å². The predicted octanol–water partition coefficient (Wildman–Crippen LogP) is 17.7. The molecule has 0 heterocycles. The smallest absolute Gasteiger partial charge is 0.305 e. The van der Waals surface area contributed by atoms with Crippen molar-refractivity contribution in [2.45, 2.75) is 334 Å². The molecule has 380 valence electrons. The minimum atomic E-state index is -0.666. The van der Waals surface area contributed by atoms with Crippen molar-refractivity contribution in [2.24, 2.45) is 0 Å². The minimum absolute atomic E-state index is 0.0125. The number of aliphatic hydroxyl groups excluding tert-OH is 2. The van der Waals surface area contributed by atoms with Gasteiger partial charge in [0.1, 0.15) is 0 Å². The Morgan fingerprint density at radius 2 is 0.734 bits per heavy atom. The molecule has 2 unspecified atom stereocenters. The molecule has 0 spiro atoms. The fourth-order valence-corrected chi connectivity index (χ4v) is 9.11. The number of hydrogen-bond donors (Lipinski definition) is 3. The molecule has 64 heavy (non-hydrogen) atoms. The first-order chi connectivity index (χ1) is 31.5. The molecule has 0 bridgehead atoms. The summed E-state index contributed by atoms with van der Waals surface area (Å²) in [5, 5.41) is 23.2. The predicted molar refractivity (Wildman–Crippen MR) is 278 cm³/mol. The Hall–Kier alpha value is -1.40. The summed E-state index contributed by atoms with van der Waals surface area (Å²) >= 11 is 0. The van der Waals surface area contributed by atoms with Crippen LogP contribution in [0.4, 0.5) is 0 Å².